The Morgan fingerprint density at radius 1 is 1.04 bits per heavy atom. The van der Waals surface area contributed by atoms with Crippen molar-refractivity contribution in [2.45, 2.75) is 50.2 Å². The standard InChI is InChI=1S/C23H30N2O2/c1-22(2,25-16-13-20(26)17-25)14-15-23(21(24)27,18-9-5-3-6-10-18)19-11-7-4-8-12-19/h3-12,20,26H,13-17H2,1-2H3,(H2,24,27)/t20-/m0/s1. The van der Waals surface area contributed by atoms with Gasteiger partial charge in [0.15, 0.2) is 0 Å². The van der Waals surface area contributed by atoms with Gasteiger partial charge in [-0.3, -0.25) is 9.69 Å². The third-order valence-electron chi connectivity index (χ3n) is 6.09. The highest BCUT2D eigenvalue weighted by molar-refractivity contribution is 5.90. The number of primary amides is 1. The van der Waals surface area contributed by atoms with E-state index in [-0.39, 0.29) is 17.6 Å². The van der Waals surface area contributed by atoms with Crippen molar-refractivity contribution in [2.24, 2.45) is 5.73 Å². The topological polar surface area (TPSA) is 66.6 Å². The molecule has 4 nitrogen and oxygen atoms in total. The monoisotopic (exact) mass is 366 g/mol. The maximum atomic E-state index is 12.9. The average Bonchev–Trinajstić information content (AvgIpc) is 3.11. The molecule has 1 fully saturated rings. The largest absolute Gasteiger partial charge is 0.392 e. The van der Waals surface area contributed by atoms with Gasteiger partial charge in [-0.15, -0.1) is 0 Å². The third-order valence-corrected chi connectivity index (χ3v) is 6.09. The number of carbonyl (C=O) groups is 1. The molecule has 1 amide bonds. The van der Waals surface area contributed by atoms with E-state index in [2.05, 4.69) is 18.7 Å². The molecule has 144 valence electrons. The van der Waals surface area contributed by atoms with Crippen molar-refractivity contribution in [3.05, 3.63) is 71.8 Å². The summed E-state index contributed by atoms with van der Waals surface area (Å²) in [5.74, 6) is -0.322. The molecule has 3 N–H and O–H groups in total. The molecule has 1 aliphatic heterocycles. The summed E-state index contributed by atoms with van der Waals surface area (Å²) >= 11 is 0. The van der Waals surface area contributed by atoms with Gasteiger partial charge in [-0.05, 0) is 44.2 Å². The van der Waals surface area contributed by atoms with Crippen molar-refractivity contribution < 1.29 is 9.90 Å². The van der Waals surface area contributed by atoms with Crippen LogP contribution >= 0.6 is 0 Å². The summed E-state index contributed by atoms with van der Waals surface area (Å²) in [5, 5.41) is 9.92. The Morgan fingerprint density at radius 2 is 1.56 bits per heavy atom. The molecule has 4 heteroatoms. The molecule has 0 bridgehead atoms. The Morgan fingerprint density at radius 3 is 1.96 bits per heavy atom. The van der Waals surface area contributed by atoms with E-state index in [1.54, 1.807) is 0 Å². The molecule has 1 saturated heterocycles. The first-order valence-corrected chi connectivity index (χ1v) is 9.70. The van der Waals surface area contributed by atoms with Crippen molar-refractivity contribution in [2.75, 3.05) is 13.1 Å². The zero-order chi connectivity index (χ0) is 19.5. The van der Waals surface area contributed by atoms with Gasteiger partial charge in [0.1, 0.15) is 0 Å². The van der Waals surface area contributed by atoms with Crippen LogP contribution in [0, 0.1) is 0 Å². The van der Waals surface area contributed by atoms with Crippen LogP contribution in [0.15, 0.2) is 60.7 Å². The zero-order valence-electron chi connectivity index (χ0n) is 16.3. The summed E-state index contributed by atoms with van der Waals surface area (Å²) < 4.78 is 0. The molecule has 0 aliphatic carbocycles. The molecule has 1 aliphatic rings. The van der Waals surface area contributed by atoms with Crippen molar-refractivity contribution in [1.82, 2.24) is 4.90 Å². The highest BCUT2D eigenvalue weighted by Gasteiger charge is 2.43. The molecule has 0 radical (unpaired) electrons. The fraction of sp³-hybridized carbons (Fsp3) is 0.435. The number of aliphatic hydroxyl groups excluding tert-OH is 1. The second-order valence-electron chi connectivity index (χ2n) is 8.20. The SMILES string of the molecule is CC(C)(CCC(C(N)=O)(c1ccccc1)c1ccccc1)N1CC[C@H](O)C1. The van der Waals surface area contributed by atoms with E-state index in [1.165, 1.54) is 0 Å². The van der Waals surface area contributed by atoms with Gasteiger partial charge < -0.3 is 10.8 Å². The van der Waals surface area contributed by atoms with Crippen LogP contribution in [0.4, 0.5) is 0 Å². The number of hydrogen-bond acceptors (Lipinski definition) is 3. The molecule has 27 heavy (non-hydrogen) atoms. The van der Waals surface area contributed by atoms with Crippen LogP contribution in [0.1, 0.15) is 44.2 Å². The minimum Gasteiger partial charge on any atom is -0.392 e. The van der Waals surface area contributed by atoms with Gasteiger partial charge in [-0.2, -0.15) is 0 Å². The van der Waals surface area contributed by atoms with Crippen LogP contribution < -0.4 is 5.73 Å². The molecule has 1 heterocycles. The molecule has 2 aromatic rings. The van der Waals surface area contributed by atoms with Crippen molar-refractivity contribution in [1.29, 1.82) is 0 Å². The summed E-state index contributed by atoms with van der Waals surface area (Å²) in [5.41, 5.74) is 6.92. The quantitative estimate of drug-likeness (QED) is 0.791. The first-order chi connectivity index (χ1) is 12.9. The number of nitrogens with zero attached hydrogens (tertiary/aromatic N) is 1. The minimum atomic E-state index is -0.863. The van der Waals surface area contributed by atoms with Gasteiger partial charge in [0.05, 0.1) is 11.5 Å². The lowest BCUT2D eigenvalue weighted by atomic mass is 9.69. The van der Waals surface area contributed by atoms with E-state index < -0.39 is 5.41 Å². The molecular weight excluding hydrogens is 336 g/mol. The average molecular weight is 367 g/mol. The molecule has 0 aromatic heterocycles. The van der Waals surface area contributed by atoms with Crippen LogP contribution in [0.5, 0.6) is 0 Å². The number of hydrogen-bond donors (Lipinski definition) is 2. The summed E-state index contributed by atoms with van der Waals surface area (Å²) in [6.45, 7) is 5.95. The molecule has 1 atom stereocenters. The lowest BCUT2D eigenvalue weighted by Crippen LogP contribution is -2.47. The molecule has 0 unspecified atom stereocenters. The number of rotatable bonds is 7. The van der Waals surface area contributed by atoms with Gasteiger partial charge in [-0.25, -0.2) is 0 Å². The first-order valence-electron chi connectivity index (χ1n) is 9.70. The van der Waals surface area contributed by atoms with Crippen molar-refractivity contribution in [3.63, 3.8) is 0 Å². The number of amides is 1. The van der Waals surface area contributed by atoms with E-state index in [9.17, 15) is 9.90 Å². The predicted molar refractivity (Wildman–Crippen MR) is 108 cm³/mol. The van der Waals surface area contributed by atoms with E-state index >= 15 is 0 Å². The van der Waals surface area contributed by atoms with Gasteiger partial charge in [0.25, 0.3) is 0 Å². The Balaban J connectivity index is 1.96. The fourth-order valence-electron chi connectivity index (χ4n) is 4.25. The van der Waals surface area contributed by atoms with Crippen LogP contribution in [0.25, 0.3) is 0 Å². The summed E-state index contributed by atoms with van der Waals surface area (Å²) in [6, 6.07) is 19.7. The number of carbonyl (C=O) groups excluding carboxylic acids is 1. The summed E-state index contributed by atoms with van der Waals surface area (Å²) in [7, 11) is 0. The second kappa shape index (κ2) is 7.83. The van der Waals surface area contributed by atoms with Crippen molar-refractivity contribution in [3.8, 4) is 0 Å². The number of aliphatic hydroxyl groups is 1. The fourth-order valence-corrected chi connectivity index (χ4v) is 4.25. The van der Waals surface area contributed by atoms with E-state index in [0.29, 0.717) is 13.0 Å². The number of β-amino-alcohol motifs (C(OH)–C–C–N with tert-alkyl or cyclic N) is 1. The number of nitrogens with two attached hydrogens (primary N) is 1. The maximum absolute atomic E-state index is 12.9. The highest BCUT2D eigenvalue weighted by Crippen LogP contribution is 2.39. The van der Waals surface area contributed by atoms with E-state index in [0.717, 1.165) is 30.5 Å². The zero-order valence-corrected chi connectivity index (χ0v) is 16.3. The minimum absolute atomic E-state index is 0.123. The molecule has 2 aromatic carbocycles. The lowest BCUT2D eigenvalue weighted by molar-refractivity contribution is -0.122. The van der Waals surface area contributed by atoms with E-state index in [4.69, 9.17) is 5.73 Å². The second-order valence-corrected chi connectivity index (χ2v) is 8.20. The van der Waals surface area contributed by atoms with Gasteiger partial charge in [-0.1, -0.05) is 60.7 Å². The molecule has 3 rings (SSSR count). The predicted octanol–water partition coefficient (Wildman–Crippen LogP) is 3.08. The van der Waals surface area contributed by atoms with Gasteiger partial charge in [0.2, 0.25) is 5.91 Å². The lowest BCUT2D eigenvalue weighted by Gasteiger charge is -2.40. The Labute approximate surface area is 162 Å². The Kier molecular flexibility index (Phi) is 5.68. The molecule has 0 spiro atoms. The highest BCUT2D eigenvalue weighted by atomic mass is 16.3. The van der Waals surface area contributed by atoms with Crippen LogP contribution in [-0.2, 0) is 10.2 Å². The molecular formula is C23H30N2O2. The number of likely N-dealkylation sites (tertiary alicyclic amines) is 1. The van der Waals surface area contributed by atoms with Gasteiger partial charge >= 0.3 is 0 Å². The van der Waals surface area contributed by atoms with Crippen LogP contribution in [-0.4, -0.2) is 40.6 Å². The van der Waals surface area contributed by atoms with Gasteiger partial charge in [0, 0.05) is 18.6 Å². The Hall–Kier alpha value is -2.17. The summed E-state index contributed by atoms with van der Waals surface area (Å²) in [6.07, 6.45) is 1.97. The smallest absolute Gasteiger partial charge is 0.232 e. The van der Waals surface area contributed by atoms with E-state index in [1.807, 2.05) is 60.7 Å². The Bertz CT molecular complexity index is 719. The van der Waals surface area contributed by atoms with Crippen LogP contribution in [0.3, 0.4) is 0 Å². The molecule has 0 saturated carbocycles. The normalized spacial score (nSPS) is 18.6. The first kappa shape index (κ1) is 19.6. The summed E-state index contributed by atoms with van der Waals surface area (Å²) in [4.78, 5) is 15.2. The van der Waals surface area contributed by atoms with Crippen molar-refractivity contribution >= 4 is 5.91 Å². The number of benzene rings is 2. The van der Waals surface area contributed by atoms with Crippen LogP contribution in [0.2, 0.25) is 0 Å². The maximum Gasteiger partial charge on any atom is 0.232 e. The third kappa shape index (κ3) is 3.92.